The summed E-state index contributed by atoms with van der Waals surface area (Å²) in [6.45, 7) is 1.27. The third kappa shape index (κ3) is 5.84. The maximum absolute atomic E-state index is 13.3. The molecule has 0 bridgehead atoms. The lowest BCUT2D eigenvalue weighted by atomic mass is 10.2. The zero-order valence-corrected chi connectivity index (χ0v) is 19.8. The van der Waals surface area contributed by atoms with Gasteiger partial charge in [0.2, 0.25) is 5.91 Å². The molecule has 0 heterocycles. The van der Waals surface area contributed by atoms with E-state index in [1.807, 2.05) is 0 Å². The first-order valence-electron chi connectivity index (χ1n) is 9.83. The third-order valence-electron chi connectivity index (χ3n) is 4.49. The molecule has 172 valence electrons. The number of nitrogens with one attached hydrogen (secondary N) is 1. The molecular weight excluding hydrogens is 487 g/mol. The molecule has 3 aromatic rings. The molecule has 0 saturated heterocycles. The normalized spacial score (nSPS) is 11.0. The number of hydrogen-bond acceptors (Lipinski definition) is 5. The van der Waals surface area contributed by atoms with Crippen molar-refractivity contribution in [1.29, 1.82) is 0 Å². The summed E-state index contributed by atoms with van der Waals surface area (Å²) in [5.74, 6) is -1.28. The van der Waals surface area contributed by atoms with Crippen LogP contribution in [0.25, 0.3) is 0 Å². The maximum atomic E-state index is 13.3. The van der Waals surface area contributed by atoms with Gasteiger partial charge in [-0.15, -0.1) is 0 Å². The van der Waals surface area contributed by atoms with E-state index in [0.717, 1.165) is 4.31 Å². The Hall–Kier alpha value is -3.07. The summed E-state index contributed by atoms with van der Waals surface area (Å²) >= 11 is 12.3. The number of halogens is 2. The second-order valence-electron chi connectivity index (χ2n) is 6.74. The SMILES string of the molecule is CCOC(=O)c1cc(NC(=O)CN(c2ccccc2Cl)S(=O)(=O)c2ccccc2)ccc1Cl. The predicted octanol–water partition coefficient (Wildman–Crippen LogP) is 5.00. The molecule has 0 aromatic heterocycles. The van der Waals surface area contributed by atoms with E-state index in [-0.39, 0.29) is 38.5 Å². The molecule has 0 atom stereocenters. The fourth-order valence-electron chi connectivity index (χ4n) is 2.97. The molecule has 10 heteroatoms. The molecule has 0 spiro atoms. The minimum atomic E-state index is -4.11. The summed E-state index contributed by atoms with van der Waals surface area (Å²) in [6, 6.07) is 18.3. The Morgan fingerprint density at radius 2 is 1.61 bits per heavy atom. The van der Waals surface area contributed by atoms with Crippen LogP contribution in [0.2, 0.25) is 10.0 Å². The Morgan fingerprint density at radius 1 is 0.939 bits per heavy atom. The van der Waals surface area contributed by atoms with Crippen molar-refractivity contribution in [3.8, 4) is 0 Å². The van der Waals surface area contributed by atoms with Crippen molar-refractivity contribution in [1.82, 2.24) is 0 Å². The van der Waals surface area contributed by atoms with Crippen LogP contribution in [-0.2, 0) is 19.6 Å². The zero-order valence-electron chi connectivity index (χ0n) is 17.5. The second kappa shape index (κ2) is 10.7. The second-order valence-corrected chi connectivity index (χ2v) is 9.42. The number of carbonyl (C=O) groups excluding carboxylic acids is 2. The van der Waals surface area contributed by atoms with Gasteiger partial charge in [-0.05, 0) is 49.4 Å². The van der Waals surface area contributed by atoms with Gasteiger partial charge in [-0.2, -0.15) is 0 Å². The van der Waals surface area contributed by atoms with Gasteiger partial charge in [-0.1, -0.05) is 53.5 Å². The van der Waals surface area contributed by atoms with Gasteiger partial charge in [0.25, 0.3) is 10.0 Å². The molecule has 0 aliphatic carbocycles. The van der Waals surface area contributed by atoms with Gasteiger partial charge in [-0.25, -0.2) is 13.2 Å². The van der Waals surface area contributed by atoms with E-state index in [2.05, 4.69) is 5.32 Å². The van der Waals surface area contributed by atoms with Crippen LogP contribution in [0.5, 0.6) is 0 Å². The van der Waals surface area contributed by atoms with Crippen molar-refractivity contribution in [2.45, 2.75) is 11.8 Å². The van der Waals surface area contributed by atoms with E-state index in [0.29, 0.717) is 0 Å². The summed E-state index contributed by atoms with van der Waals surface area (Å²) < 4.78 is 32.6. The summed E-state index contributed by atoms with van der Waals surface area (Å²) in [5, 5.41) is 2.93. The smallest absolute Gasteiger partial charge is 0.339 e. The molecule has 0 fully saturated rings. The van der Waals surface area contributed by atoms with Crippen LogP contribution in [0.4, 0.5) is 11.4 Å². The van der Waals surface area contributed by atoms with Gasteiger partial charge in [0, 0.05) is 5.69 Å². The first-order chi connectivity index (χ1) is 15.7. The summed E-state index contributed by atoms with van der Waals surface area (Å²) in [4.78, 5) is 24.9. The Balaban J connectivity index is 1.91. The quantitative estimate of drug-likeness (QED) is 0.433. The summed E-state index contributed by atoms with van der Waals surface area (Å²) in [6.07, 6.45) is 0. The van der Waals surface area contributed by atoms with Gasteiger partial charge in [0.15, 0.2) is 0 Å². The lowest BCUT2D eigenvalue weighted by Crippen LogP contribution is -2.38. The van der Waals surface area contributed by atoms with E-state index >= 15 is 0 Å². The zero-order chi connectivity index (χ0) is 24.0. The number of para-hydroxylation sites is 1. The van der Waals surface area contributed by atoms with Crippen molar-refractivity contribution in [3.05, 3.63) is 88.4 Å². The van der Waals surface area contributed by atoms with Crippen LogP contribution in [0.1, 0.15) is 17.3 Å². The predicted molar refractivity (Wildman–Crippen MR) is 128 cm³/mol. The average Bonchev–Trinajstić information content (AvgIpc) is 2.80. The molecular formula is C23H20Cl2N2O5S. The van der Waals surface area contributed by atoms with Crippen LogP contribution in [0.15, 0.2) is 77.7 Å². The molecule has 3 aromatic carbocycles. The van der Waals surface area contributed by atoms with Gasteiger partial charge in [0.1, 0.15) is 6.54 Å². The molecule has 33 heavy (non-hydrogen) atoms. The standard InChI is InChI=1S/C23H20Cl2N2O5S/c1-2-32-23(29)18-14-16(12-13-19(18)24)26-22(28)15-27(21-11-7-6-10-20(21)25)33(30,31)17-8-4-3-5-9-17/h3-14H,2,15H2,1H3,(H,26,28). The number of carbonyl (C=O) groups is 2. The van der Waals surface area contributed by atoms with Crippen molar-refractivity contribution in [3.63, 3.8) is 0 Å². The number of esters is 1. The Bertz CT molecular complexity index is 1270. The highest BCUT2D eigenvalue weighted by Crippen LogP contribution is 2.30. The Morgan fingerprint density at radius 3 is 2.27 bits per heavy atom. The van der Waals surface area contributed by atoms with Gasteiger partial charge in [0.05, 0.1) is 32.8 Å². The molecule has 0 aliphatic heterocycles. The molecule has 0 unspecified atom stereocenters. The van der Waals surface area contributed by atoms with E-state index in [1.54, 1.807) is 37.3 Å². The minimum absolute atomic E-state index is 0.00816. The van der Waals surface area contributed by atoms with E-state index < -0.39 is 28.4 Å². The van der Waals surface area contributed by atoms with E-state index in [9.17, 15) is 18.0 Å². The molecule has 3 rings (SSSR count). The van der Waals surface area contributed by atoms with Crippen LogP contribution in [0, 0.1) is 0 Å². The van der Waals surface area contributed by atoms with Crippen LogP contribution in [-0.4, -0.2) is 33.4 Å². The van der Waals surface area contributed by atoms with Crippen LogP contribution >= 0.6 is 23.2 Å². The minimum Gasteiger partial charge on any atom is -0.462 e. The Kier molecular flexibility index (Phi) is 7.97. The van der Waals surface area contributed by atoms with Gasteiger partial charge in [-0.3, -0.25) is 9.10 Å². The van der Waals surface area contributed by atoms with Crippen LogP contribution < -0.4 is 9.62 Å². The van der Waals surface area contributed by atoms with Gasteiger partial charge >= 0.3 is 5.97 Å². The number of hydrogen-bond donors (Lipinski definition) is 1. The van der Waals surface area contributed by atoms with Gasteiger partial charge < -0.3 is 10.1 Å². The van der Waals surface area contributed by atoms with Crippen LogP contribution in [0.3, 0.4) is 0 Å². The number of sulfonamides is 1. The fraction of sp³-hybridized carbons (Fsp3) is 0.130. The van der Waals surface area contributed by atoms with Crippen molar-refractivity contribution < 1.29 is 22.7 Å². The highest BCUT2D eigenvalue weighted by molar-refractivity contribution is 7.92. The molecule has 1 N–H and O–H groups in total. The van der Waals surface area contributed by atoms with Crippen molar-refractivity contribution in [2.24, 2.45) is 0 Å². The molecule has 1 amide bonds. The average molecular weight is 507 g/mol. The molecule has 0 saturated carbocycles. The number of nitrogens with zero attached hydrogens (tertiary/aromatic N) is 1. The number of amides is 1. The summed E-state index contributed by atoms with van der Waals surface area (Å²) in [5.41, 5.74) is 0.487. The first-order valence-corrected chi connectivity index (χ1v) is 12.0. The van der Waals surface area contributed by atoms with E-state index in [4.69, 9.17) is 27.9 Å². The Labute approximate surface area is 201 Å². The molecule has 0 aliphatic rings. The number of benzene rings is 3. The van der Waals surface area contributed by atoms with Crippen molar-refractivity contribution >= 4 is 56.5 Å². The highest BCUT2D eigenvalue weighted by Gasteiger charge is 2.28. The molecule has 0 radical (unpaired) electrons. The monoisotopic (exact) mass is 506 g/mol. The number of rotatable bonds is 8. The van der Waals surface area contributed by atoms with Crippen molar-refractivity contribution in [2.75, 3.05) is 22.8 Å². The topological polar surface area (TPSA) is 92.8 Å². The number of ether oxygens (including phenoxy) is 1. The molecule has 7 nitrogen and oxygen atoms in total. The highest BCUT2D eigenvalue weighted by atomic mass is 35.5. The number of anilines is 2. The summed E-state index contributed by atoms with van der Waals surface area (Å²) in [7, 11) is -4.11. The first kappa shape index (κ1) is 24.6. The largest absolute Gasteiger partial charge is 0.462 e. The fourth-order valence-corrected chi connectivity index (χ4v) is 4.92. The lowest BCUT2D eigenvalue weighted by molar-refractivity contribution is -0.114. The third-order valence-corrected chi connectivity index (χ3v) is 6.91. The lowest BCUT2D eigenvalue weighted by Gasteiger charge is -2.25. The van der Waals surface area contributed by atoms with E-state index in [1.165, 1.54) is 42.5 Å². The maximum Gasteiger partial charge on any atom is 0.339 e.